The Morgan fingerprint density at radius 2 is 1.90 bits per heavy atom. The number of halogens is 3. The van der Waals surface area contributed by atoms with Crippen molar-refractivity contribution in [1.82, 2.24) is 9.97 Å². The van der Waals surface area contributed by atoms with Gasteiger partial charge in [0.05, 0.1) is 11.3 Å². The van der Waals surface area contributed by atoms with Gasteiger partial charge in [0.2, 0.25) is 0 Å². The van der Waals surface area contributed by atoms with E-state index in [9.17, 15) is 18.0 Å². The minimum Gasteiger partial charge on any atom is -0.310 e. The summed E-state index contributed by atoms with van der Waals surface area (Å²) in [5.74, 6) is 0.429. The lowest BCUT2D eigenvalue weighted by Gasteiger charge is -2.10. The fraction of sp³-hybridized carbons (Fsp3) is 0.286. The molecule has 0 atom stereocenters. The maximum Gasteiger partial charge on any atom is 0.416 e. The number of hydrogen-bond donors (Lipinski definition) is 1. The Morgan fingerprint density at radius 1 is 1.20 bits per heavy atom. The molecular formula is C14H13F3N2O. The van der Waals surface area contributed by atoms with Crippen LogP contribution in [-0.2, 0) is 6.18 Å². The van der Waals surface area contributed by atoms with Gasteiger partial charge in [0, 0.05) is 17.5 Å². The Balaban J connectivity index is 2.54. The summed E-state index contributed by atoms with van der Waals surface area (Å²) in [5, 5.41) is 0. The maximum absolute atomic E-state index is 12.7. The number of alkyl halides is 3. The van der Waals surface area contributed by atoms with Crippen LogP contribution in [-0.4, -0.2) is 9.97 Å². The van der Waals surface area contributed by atoms with Crippen molar-refractivity contribution in [1.29, 1.82) is 0 Å². The molecule has 2 aromatic rings. The number of nitrogens with one attached hydrogen (secondary N) is 1. The van der Waals surface area contributed by atoms with Crippen molar-refractivity contribution in [3.05, 3.63) is 52.1 Å². The molecule has 6 heteroatoms. The van der Waals surface area contributed by atoms with E-state index in [4.69, 9.17) is 0 Å². The third kappa shape index (κ3) is 3.07. The first kappa shape index (κ1) is 14.3. The van der Waals surface area contributed by atoms with Gasteiger partial charge in [0.15, 0.2) is 0 Å². The predicted octanol–water partition coefficient (Wildman–Crippen LogP) is 3.58. The molecule has 0 unspecified atom stereocenters. The highest BCUT2D eigenvalue weighted by atomic mass is 19.4. The zero-order valence-electron chi connectivity index (χ0n) is 11.0. The number of hydrogen-bond acceptors (Lipinski definition) is 2. The van der Waals surface area contributed by atoms with E-state index in [1.807, 2.05) is 13.8 Å². The molecule has 1 heterocycles. The molecule has 3 nitrogen and oxygen atoms in total. The van der Waals surface area contributed by atoms with E-state index in [1.165, 1.54) is 18.2 Å². The lowest BCUT2D eigenvalue weighted by Crippen LogP contribution is -2.12. The highest BCUT2D eigenvalue weighted by Crippen LogP contribution is 2.31. The van der Waals surface area contributed by atoms with Crippen molar-refractivity contribution >= 4 is 0 Å². The van der Waals surface area contributed by atoms with Gasteiger partial charge in [-0.15, -0.1) is 0 Å². The van der Waals surface area contributed by atoms with E-state index < -0.39 is 11.7 Å². The highest BCUT2D eigenvalue weighted by Gasteiger charge is 2.30. The van der Waals surface area contributed by atoms with Crippen LogP contribution in [0.4, 0.5) is 13.2 Å². The molecule has 0 aliphatic rings. The second-order valence-corrected chi connectivity index (χ2v) is 4.75. The van der Waals surface area contributed by atoms with Gasteiger partial charge < -0.3 is 4.98 Å². The SMILES string of the molecule is CC(C)c1nc(-c2cccc(C(F)(F)F)c2)cc(=O)[nH]1. The van der Waals surface area contributed by atoms with E-state index in [0.29, 0.717) is 5.82 Å². The number of benzene rings is 1. The fourth-order valence-corrected chi connectivity index (χ4v) is 1.75. The van der Waals surface area contributed by atoms with Crippen LogP contribution in [0, 0.1) is 0 Å². The summed E-state index contributed by atoms with van der Waals surface area (Å²) in [6, 6.07) is 5.98. The van der Waals surface area contributed by atoms with Crippen molar-refractivity contribution in [2.24, 2.45) is 0 Å². The molecule has 0 saturated carbocycles. The molecule has 0 saturated heterocycles. The summed E-state index contributed by atoms with van der Waals surface area (Å²) in [6.45, 7) is 3.68. The number of rotatable bonds is 2. The molecule has 0 aliphatic heterocycles. The predicted molar refractivity (Wildman–Crippen MR) is 69.4 cm³/mol. The van der Waals surface area contributed by atoms with Gasteiger partial charge in [-0.2, -0.15) is 13.2 Å². The minimum absolute atomic E-state index is 0.0200. The highest BCUT2D eigenvalue weighted by molar-refractivity contribution is 5.60. The average Bonchev–Trinajstić information content (AvgIpc) is 2.37. The second kappa shape index (κ2) is 5.11. The number of aromatic amines is 1. The summed E-state index contributed by atoms with van der Waals surface area (Å²) in [4.78, 5) is 18.3. The van der Waals surface area contributed by atoms with Crippen LogP contribution >= 0.6 is 0 Å². The Labute approximate surface area is 113 Å². The van der Waals surface area contributed by atoms with Gasteiger partial charge in [-0.3, -0.25) is 4.79 Å². The van der Waals surface area contributed by atoms with E-state index in [0.717, 1.165) is 12.1 Å². The number of aromatic nitrogens is 2. The van der Waals surface area contributed by atoms with E-state index in [1.54, 1.807) is 0 Å². The van der Waals surface area contributed by atoms with Crippen LogP contribution in [0.3, 0.4) is 0 Å². The van der Waals surface area contributed by atoms with Crippen molar-refractivity contribution in [2.75, 3.05) is 0 Å². The molecular weight excluding hydrogens is 269 g/mol. The van der Waals surface area contributed by atoms with Crippen molar-refractivity contribution in [3.63, 3.8) is 0 Å². The van der Waals surface area contributed by atoms with Gasteiger partial charge in [-0.1, -0.05) is 26.0 Å². The lowest BCUT2D eigenvalue weighted by molar-refractivity contribution is -0.137. The first-order chi connectivity index (χ1) is 9.27. The topological polar surface area (TPSA) is 45.8 Å². The van der Waals surface area contributed by atoms with Crippen molar-refractivity contribution < 1.29 is 13.2 Å². The molecule has 1 aromatic carbocycles. The largest absolute Gasteiger partial charge is 0.416 e. The molecule has 20 heavy (non-hydrogen) atoms. The van der Waals surface area contributed by atoms with Crippen LogP contribution in [0.5, 0.6) is 0 Å². The monoisotopic (exact) mass is 282 g/mol. The first-order valence-electron chi connectivity index (χ1n) is 6.06. The van der Waals surface area contributed by atoms with Gasteiger partial charge in [0.25, 0.3) is 5.56 Å². The maximum atomic E-state index is 12.7. The van der Waals surface area contributed by atoms with Gasteiger partial charge in [-0.25, -0.2) is 4.98 Å². The standard InChI is InChI=1S/C14H13F3N2O/c1-8(2)13-18-11(7-12(20)19-13)9-4-3-5-10(6-9)14(15,16)17/h3-8H,1-2H3,(H,18,19,20). The van der Waals surface area contributed by atoms with E-state index in [-0.39, 0.29) is 22.7 Å². The fourth-order valence-electron chi connectivity index (χ4n) is 1.75. The van der Waals surface area contributed by atoms with E-state index >= 15 is 0 Å². The van der Waals surface area contributed by atoms with Crippen LogP contribution in [0.2, 0.25) is 0 Å². The summed E-state index contributed by atoms with van der Waals surface area (Å²) in [7, 11) is 0. The Bertz CT molecular complexity index is 675. The van der Waals surface area contributed by atoms with Crippen LogP contribution < -0.4 is 5.56 Å². The third-order valence-corrected chi connectivity index (χ3v) is 2.79. The normalized spacial score (nSPS) is 11.9. The van der Waals surface area contributed by atoms with Crippen LogP contribution in [0.25, 0.3) is 11.3 Å². The molecule has 0 fully saturated rings. The summed E-state index contributed by atoms with van der Waals surface area (Å²) in [5.41, 5.74) is -0.629. The Hall–Kier alpha value is -2.11. The molecule has 0 spiro atoms. The average molecular weight is 282 g/mol. The van der Waals surface area contributed by atoms with Crippen LogP contribution in [0.15, 0.2) is 35.1 Å². The smallest absolute Gasteiger partial charge is 0.310 e. The molecule has 0 amide bonds. The van der Waals surface area contributed by atoms with E-state index in [2.05, 4.69) is 9.97 Å². The zero-order chi connectivity index (χ0) is 14.9. The minimum atomic E-state index is -4.42. The number of H-pyrrole nitrogens is 1. The molecule has 0 bridgehead atoms. The molecule has 2 rings (SSSR count). The quantitative estimate of drug-likeness (QED) is 0.915. The lowest BCUT2D eigenvalue weighted by atomic mass is 10.1. The second-order valence-electron chi connectivity index (χ2n) is 4.75. The molecule has 0 radical (unpaired) electrons. The summed E-state index contributed by atoms with van der Waals surface area (Å²) < 4.78 is 38.0. The molecule has 106 valence electrons. The molecule has 1 N–H and O–H groups in total. The van der Waals surface area contributed by atoms with Crippen molar-refractivity contribution in [3.8, 4) is 11.3 Å². The Morgan fingerprint density at radius 3 is 2.50 bits per heavy atom. The van der Waals surface area contributed by atoms with Gasteiger partial charge >= 0.3 is 6.18 Å². The number of nitrogens with zero attached hydrogens (tertiary/aromatic N) is 1. The molecule has 0 aliphatic carbocycles. The van der Waals surface area contributed by atoms with Crippen LogP contribution in [0.1, 0.15) is 31.2 Å². The Kier molecular flexibility index (Phi) is 3.65. The first-order valence-corrected chi connectivity index (χ1v) is 6.06. The zero-order valence-corrected chi connectivity index (χ0v) is 11.0. The molecule has 1 aromatic heterocycles. The summed E-state index contributed by atoms with van der Waals surface area (Å²) >= 11 is 0. The van der Waals surface area contributed by atoms with Crippen molar-refractivity contribution in [2.45, 2.75) is 25.9 Å². The summed E-state index contributed by atoms with van der Waals surface area (Å²) in [6.07, 6.45) is -4.42. The van der Waals surface area contributed by atoms with Gasteiger partial charge in [0.1, 0.15) is 5.82 Å². The van der Waals surface area contributed by atoms with Gasteiger partial charge in [-0.05, 0) is 12.1 Å². The third-order valence-electron chi connectivity index (χ3n) is 2.79.